The molecule has 0 amide bonds. The zero-order chi connectivity index (χ0) is 18.6. The molecule has 5 nitrogen and oxygen atoms in total. The Morgan fingerprint density at radius 3 is 2.46 bits per heavy atom. The predicted octanol–water partition coefficient (Wildman–Crippen LogP) is 2.49. The molecule has 1 aliphatic rings. The van der Waals surface area contributed by atoms with Gasteiger partial charge in [-0.05, 0) is 54.8 Å². The minimum absolute atomic E-state index is 0.113. The maximum atomic E-state index is 13.2. The molecule has 0 unspecified atom stereocenters. The van der Waals surface area contributed by atoms with Gasteiger partial charge in [0.25, 0.3) is 0 Å². The molecule has 2 aromatic rings. The molecule has 0 aromatic heterocycles. The molecule has 2 aromatic carbocycles. The first kappa shape index (κ1) is 18.8. The summed E-state index contributed by atoms with van der Waals surface area (Å²) in [7, 11) is -3.64. The third-order valence-corrected chi connectivity index (χ3v) is 6.07. The highest BCUT2D eigenvalue weighted by Gasteiger charge is 2.16. The molecule has 140 valence electrons. The minimum Gasteiger partial charge on any atom is -0.378 e. The number of nitrogens with zero attached hydrogens (tertiary/aromatic N) is 1. The van der Waals surface area contributed by atoms with Crippen molar-refractivity contribution in [1.29, 1.82) is 0 Å². The lowest BCUT2D eigenvalue weighted by Crippen LogP contribution is -2.36. The third-order valence-electron chi connectivity index (χ3n) is 4.44. The van der Waals surface area contributed by atoms with Gasteiger partial charge < -0.3 is 9.64 Å². The van der Waals surface area contributed by atoms with Gasteiger partial charge in [0, 0.05) is 25.3 Å². The Morgan fingerprint density at radius 2 is 1.81 bits per heavy atom. The largest absolute Gasteiger partial charge is 0.378 e. The third kappa shape index (κ3) is 4.60. The highest BCUT2D eigenvalue weighted by Crippen LogP contribution is 2.18. The molecule has 0 bridgehead atoms. The van der Waals surface area contributed by atoms with Crippen LogP contribution in [0, 0.1) is 12.7 Å². The number of sulfonamides is 1. The van der Waals surface area contributed by atoms with Crippen molar-refractivity contribution in [2.45, 2.75) is 18.2 Å². The van der Waals surface area contributed by atoms with Gasteiger partial charge in [0.15, 0.2) is 0 Å². The van der Waals surface area contributed by atoms with Gasteiger partial charge in [-0.2, -0.15) is 0 Å². The van der Waals surface area contributed by atoms with Crippen LogP contribution < -0.4 is 9.62 Å². The lowest BCUT2D eigenvalue weighted by atomic mass is 10.1. The van der Waals surface area contributed by atoms with Gasteiger partial charge in [-0.25, -0.2) is 17.5 Å². The molecule has 0 saturated carbocycles. The topological polar surface area (TPSA) is 58.6 Å². The van der Waals surface area contributed by atoms with E-state index in [0.717, 1.165) is 43.6 Å². The van der Waals surface area contributed by atoms with Gasteiger partial charge in [-0.1, -0.05) is 12.1 Å². The van der Waals surface area contributed by atoms with Crippen LogP contribution in [0.3, 0.4) is 0 Å². The van der Waals surface area contributed by atoms with Crippen molar-refractivity contribution in [3.05, 3.63) is 59.4 Å². The van der Waals surface area contributed by atoms with Crippen LogP contribution in [0.2, 0.25) is 0 Å². The molecule has 1 aliphatic heterocycles. The summed E-state index contributed by atoms with van der Waals surface area (Å²) in [5, 5.41) is 0. The van der Waals surface area contributed by atoms with E-state index in [2.05, 4.69) is 21.8 Å². The molecule has 0 radical (unpaired) electrons. The summed E-state index contributed by atoms with van der Waals surface area (Å²) in [6, 6.07) is 11.8. The molecule has 0 aliphatic carbocycles. The molecule has 1 N–H and O–H groups in total. The summed E-state index contributed by atoms with van der Waals surface area (Å²) in [6.45, 7) is 5.13. The number of rotatable bonds is 6. The highest BCUT2D eigenvalue weighted by atomic mass is 32.2. The standard InChI is InChI=1S/C19H23FN2O3S/c1-15-14-17(20)4-7-19(15)26(23,24)21-9-8-16-2-5-18(6-3-16)22-10-12-25-13-11-22/h2-7,14,21H,8-13H2,1H3. The molecule has 3 rings (SSSR count). The highest BCUT2D eigenvalue weighted by molar-refractivity contribution is 7.89. The molecule has 0 spiro atoms. The first-order valence-corrected chi connectivity index (χ1v) is 10.1. The Morgan fingerprint density at radius 1 is 1.12 bits per heavy atom. The van der Waals surface area contributed by atoms with Gasteiger partial charge in [-0.15, -0.1) is 0 Å². The van der Waals surface area contributed by atoms with Crippen molar-refractivity contribution in [1.82, 2.24) is 4.72 Å². The molecule has 1 fully saturated rings. The Hall–Kier alpha value is -1.96. The van der Waals surface area contributed by atoms with Crippen LogP contribution in [0.4, 0.5) is 10.1 Å². The van der Waals surface area contributed by atoms with Crippen LogP contribution in [0.15, 0.2) is 47.4 Å². The minimum atomic E-state index is -3.64. The van der Waals surface area contributed by atoms with Crippen molar-refractivity contribution in [2.75, 3.05) is 37.7 Å². The van der Waals surface area contributed by atoms with Crippen LogP contribution in [-0.2, 0) is 21.2 Å². The molecule has 1 saturated heterocycles. The second-order valence-electron chi connectivity index (χ2n) is 6.32. The van der Waals surface area contributed by atoms with Gasteiger partial charge in [0.2, 0.25) is 10.0 Å². The van der Waals surface area contributed by atoms with E-state index >= 15 is 0 Å². The molecule has 7 heteroatoms. The first-order chi connectivity index (χ1) is 12.5. The lowest BCUT2D eigenvalue weighted by Gasteiger charge is -2.28. The van der Waals surface area contributed by atoms with Gasteiger partial charge in [-0.3, -0.25) is 0 Å². The van der Waals surface area contributed by atoms with E-state index in [9.17, 15) is 12.8 Å². The van der Waals surface area contributed by atoms with Crippen LogP contribution >= 0.6 is 0 Å². The lowest BCUT2D eigenvalue weighted by molar-refractivity contribution is 0.122. The Kier molecular flexibility index (Phi) is 5.90. The number of hydrogen-bond acceptors (Lipinski definition) is 4. The maximum absolute atomic E-state index is 13.2. The first-order valence-electron chi connectivity index (χ1n) is 8.63. The molecular weight excluding hydrogens is 355 g/mol. The number of aryl methyl sites for hydroxylation is 1. The number of nitrogens with one attached hydrogen (secondary N) is 1. The summed E-state index contributed by atoms with van der Waals surface area (Å²) in [5.74, 6) is -0.443. The van der Waals surface area contributed by atoms with E-state index in [1.807, 2.05) is 12.1 Å². The number of anilines is 1. The van der Waals surface area contributed by atoms with E-state index < -0.39 is 15.8 Å². The van der Waals surface area contributed by atoms with Crippen molar-refractivity contribution in [3.63, 3.8) is 0 Å². The quantitative estimate of drug-likeness (QED) is 0.839. The summed E-state index contributed by atoms with van der Waals surface area (Å²) in [6.07, 6.45) is 0.586. The summed E-state index contributed by atoms with van der Waals surface area (Å²) in [5.41, 5.74) is 2.60. The van der Waals surface area contributed by atoms with E-state index in [4.69, 9.17) is 4.74 Å². The SMILES string of the molecule is Cc1cc(F)ccc1S(=O)(=O)NCCc1ccc(N2CCOCC2)cc1. The van der Waals surface area contributed by atoms with Crippen molar-refractivity contribution in [3.8, 4) is 0 Å². The summed E-state index contributed by atoms with van der Waals surface area (Å²) < 4.78 is 45.8. The number of hydrogen-bond donors (Lipinski definition) is 1. The molecule has 0 atom stereocenters. The number of halogens is 1. The Labute approximate surface area is 153 Å². The van der Waals surface area contributed by atoms with E-state index in [0.29, 0.717) is 12.0 Å². The number of benzene rings is 2. The normalized spacial score (nSPS) is 15.2. The van der Waals surface area contributed by atoms with Gasteiger partial charge >= 0.3 is 0 Å². The van der Waals surface area contributed by atoms with Gasteiger partial charge in [0.05, 0.1) is 18.1 Å². The van der Waals surface area contributed by atoms with Crippen LogP contribution in [0.1, 0.15) is 11.1 Å². The van der Waals surface area contributed by atoms with E-state index in [1.165, 1.54) is 12.1 Å². The molecular formula is C19H23FN2O3S. The zero-order valence-electron chi connectivity index (χ0n) is 14.7. The molecule has 26 heavy (non-hydrogen) atoms. The Balaban J connectivity index is 1.57. The predicted molar refractivity (Wildman–Crippen MR) is 99.5 cm³/mol. The molecule has 1 heterocycles. The summed E-state index contributed by atoms with van der Waals surface area (Å²) >= 11 is 0. The fourth-order valence-corrected chi connectivity index (χ4v) is 4.27. The fourth-order valence-electron chi connectivity index (χ4n) is 3.02. The Bertz CT molecular complexity index is 848. The summed E-state index contributed by atoms with van der Waals surface area (Å²) in [4.78, 5) is 2.38. The van der Waals surface area contributed by atoms with Crippen molar-refractivity contribution in [2.24, 2.45) is 0 Å². The fraction of sp³-hybridized carbons (Fsp3) is 0.368. The monoisotopic (exact) mass is 378 g/mol. The van der Waals surface area contributed by atoms with E-state index in [1.54, 1.807) is 6.92 Å². The van der Waals surface area contributed by atoms with Crippen LogP contribution in [-0.4, -0.2) is 41.3 Å². The van der Waals surface area contributed by atoms with Crippen molar-refractivity contribution < 1.29 is 17.5 Å². The number of ether oxygens (including phenoxy) is 1. The second kappa shape index (κ2) is 8.16. The number of morpholine rings is 1. The average Bonchev–Trinajstić information content (AvgIpc) is 2.62. The van der Waals surface area contributed by atoms with Gasteiger partial charge in [0.1, 0.15) is 5.82 Å². The van der Waals surface area contributed by atoms with E-state index in [-0.39, 0.29) is 11.4 Å². The van der Waals surface area contributed by atoms with Crippen molar-refractivity contribution >= 4 is 15.7 Å². The smallest absolute Gasteiger partial charge is 0.240 e. The average molecular weight is 378 g/mol. The zero-order valence-corrected chi connectivity index (χ0v) is 15.6. The van der Waals surface area contributed by atoms with Crippen LogP contribution in [0.5, 0.6) is 0 Å². The maximum Gasteiger partial charge on any atom is 0.240 e. The van der Waals surface area contributed by atoms with Crippen LogP contribution in [0.25, 0.3) is 0 Å². The second-order valence-corrected chi connectivity index (χ2v) is 8.06.